The SMILES string of the molecule is C[C@H]1c2cc3c(cc2C2(CCCC2)CN1CC(=O)N(C)C)OCCO3. The highest BCUT2D eigenvalue weighted by molar-refractivity contribution is 5.77. The van der Waals surface area contributed by atoms with Crippen molar-refractivity contribution in [2.45, 2.75) is 44.1 Å². The molecule has 2 aliphatic heterocycles. The van der Waals surface area contributed by atoms with Crippen molar-refractivity contribution < 1.29 is 14.3 Å². The number of hydrogen-bond donors (Lipinski definition) is 0. The van der Waals surface area contributed by atoms with E-state index in [1.165, 1.54) is 36.8 Å². The molecule has 0 aromatic heterocycles. The summed E-state index contributed by atoms with van der Waals surface area (Å²) in [6.45, 7) is 4.87. The minimum atomic E-state index is 0.157. The van der Waals surface area contributed by atoms with Crippen LogP contribution in [0.1, 0.15) is 49.8 Å². The highest BCUT2D eigenvalue weighted by Gasteiger charge is 2.45. The van der Waals surface area contributed by atoms with Crippen LogP contribution in [0.4, 0.5) is 0 Å². The summed E-state index contributed by atoms with van der Waals surface area (Å²) in [5.74, 6) is 1.91. The fourth-order valence-corrected chi connectivity index (χ4v) is 4.70. The second kappa shape index (κ2) is 6.20. The van der Waals surface area contributed by atoms with Crippen molar-refractivity contribution in [2.24, 2.45) is 0 Å². The Morgan fingerprint density at radius 1 is 1.20 bits per heavy atom. The molecule has 1 aromatic carbocycles. The van der Waals surface area contributed by atoms with E-state index in [2.05, 4.69) is 24.0 Å². The molecule has 1 aromatic rings. The van der Waals surface area contributed by atoms with Gasteiger partial charge in [0.25, 0.3) is 0 Å². The Labute approximate surface area is 149 Å². The molecule has 2 heterocycles. The van der Waals surface area contributed by atoms with Gasteiger partial charge < -0.3 is 14.4 Å². The van der Waals surface area contributed by atoms with Gasteiger partial charge in [0.15, 0.2) is 11.5 Å². The molecular weight excluding hydrogens is 316 g/mol. The minimum absolute atomic E-state index is 0.157. The molecule has 5 heteroatoms. The van der Waals surface area contributed by atoms with Gasteiger partial charge in [0, 0.05) is 32.1 Å². The Morgan fingerprint density at radius 2 is 1.84 bits per heavy atom. The summed E-state index contributed by atoms with van der Waals surface area (Å²) in [4.78, 5) is 16.4. The lowest BCUT2D eigenvalue weighted by atomic mass is 9.71. The number of benzene rings is 1. The highest BCUT2D eigenvalue weighted by atomic mass is 16.6. The zero-order valence-corrected chi connectivity index (χ0v) is 15.5. The van der Waals surface area contributed by atoms with E-state index < -0.39 is 0 Å². The van der Waals surface area contributed by atoms with Crippen LogP contribution in [0.3, 0.4) is 0 Å². The molecule has 1 amide bonds. The fraction of sp³-hybridized carbons (Fsp3) is 0.650. The average molecular weight is 344 g/mol. The Hall–Kier alpha value is -1.75. The van der Waals surface area contributed by atoms with Crippen molar-refractivity contribution in [1.82, 2.24) is 9.80 Å². The van der Waals surface area contributed by atoms with Crippen LogP contribution in [0.15, 0.2) is 12.1 Å². The number of nitrogens with zero attached hydrogens (tertiary/aromatic N) is 2. The molecule has 4 rings (SSSR count). The standard InChI is InChI=1S/C20H28N2O3/c1-14-15-10-17-18(25-9-8-24-17)11-16(15)20(6-4-5-7-20)13-22(14)12-19(23)21(2)3/h10-11,14H,4-9,12-13H2,1-3H3/t14-/m0/s1. The number of fused-ring (bicyclic) bond motifs is 3. The van der Waals surface area contributed by atoms with Crippen LogP contribution in [-0.4, -0.2) is 56.1 Å². The second-order valence-electron chi connectivity index (χ2n) is 7.94. The molecule has 25 heavy (non-hydrogen) atoms. The number of rotatable bonds is 2. The Balaban J connectivity index is 1.75. The lowest BCUT2D eigenvalue weighted by Gasteiger charge is -2.46. The molecular formula is C20H28N2O3. The summed E-state index contributed by atoms with van der Waals surface area (Å²) in [6, 6.07) is 4.61. The van der Waals surface area contributed by atoms with Gasteiger partial charge in [-0.3, -0.25) is 9.69 Å². The average Bonchev–Trinajstić information content (AvgIpc) is 3.07. The van der Waals surface area contributed by atoms with Crippen molar-refractivity contribution in [1.29, 1.82) is 0 Å². The lowest BCUT2D eigenvalue weighted by Crippen LogP contribution is -2.49. The summed E-state index contributed by atoms with van der Waals surface area (Å²) < 4.78 is 11.7. The van der Waals surface area contributed by atoms with Gasteiger partial charge in [0.2, 0.25) is 5.91 Å². The normalized spacial score (nSPS) is 24.2. The summed E-state index contributed by atoms with van der Waals surface area (Å²) in [5.41, 5.74) is 2.89. The first-order valence-corrected chi connectivity index (χ1v) is 9.38. The molecule has 1 atom stereocenters. The quantitative estimate of drug-likeness (QED) is 0.827. The lowest BCUT2D eigenvalue weighted by molar-refractivity contribution is -0.130. The Bertz CT molecular complexity index is 680. The first-order valence-electron chi connectivity index (χ1n) is 9.38. The van der Waals surface area contributed by atoms with Crippen molar-refractivity contribution in [3.05, 3.63) is 23.3 Å². The van der Waals surface area contributed by atoms with Gasteiger partial charge in [-0.05, 0) is 43.0 Å². The fourth-order valence-electron chi connectivity index (χ4n) is 4.70. The van der Waals surface area contributed by atoms with E-state index in [1.807, 2.05) is 14.1 Å². The predicted molar refractivity (Wildman–Crippen MR) is 96.3 cm³/mol. The number of hydrogen-bond acceptors (Lipinski definition) is 4. The van der Waals surface area contributed by atoms with Gasteiger partial charge in [-0.2, -0.15) is 0 Å². The monoisotopic (exact) mass is 344 g/mol. The Morgan fingerprint density at radius 3 is 2.48 bits per heavy atom. The second-order valence-corrected chi connectivity index (χ2v) is 7.94. The van der Waals surface area contributed by atoms with E-state index in [1.54, 1.807) is 4.90 Å². The maximum absolute atomic E-state index is 12.3. The molecule has 0 unspecified atom stereocenters. The van der Waals surface area contributed by atoms with Crippen LogP contribution >= 0.6 is 0 Å². The highest BCUT2D eigenvalue weighted by Crippen LogP contribution is 2.51. The first kappa shape index (κ1) is 16.7. The molecule has 5 nitrogen and oxygen atoms in total. The molecule has 3 aliphatic rings. The van der Waals surface area contributed by atoms with Gasteiger partial charge in [0.1, 0.15) is 13.2 Å². The predicted octanol–water partition coefficient (Wildman–Crippen LogP) is 2.73. The van der Waals surface area contributed by atoms with Crippen LogP contribution < -0.4 is 9.47 Å². The van der Waals surface area contributed by atoms with Crippen molar-refractivity contribution in [3.8, 4) is 11.5 Å². The maximum atomic E-state index is 12.3. The van der Waals surface area contributed by atoms with Crippen molar-refractivity contribution in [3.63, 3.8) is 0 Å². The van der Waals surface area contributed by atoms with Crippen LogP contribution in [0.5, 0.6) is 11.5 Å². The van der Waals surface area contributed by atoms with Crippen LogP contribution in [0, 0.1) is 0 Å². The van der Waals surface area contributed by atoms with Gasteiger partial charge in [-0.15, -0.1) is 0 Å². The van der Waals surface area contributed by atoms with E-state index in [-0.39, 0.29) is 17.4 Å². The van der Waals surface area contributed by atoms with E-state index >= 15 is 0 Å². The summed E-state index contributed by atoms with van der Waals surface area (Å²) in [7, 11) is 3.66. The summed E-state index contributed by atoms with van der Waals surface area (Å²) in [5, 5.41) is 0. The van der Waals surface area contributed by atoms with Gasteiger partial charge in [-0.25, -0.2) is 0 Å². The molecule has 0 saturated heterocycles. The van der Waals surface area contributed by atoms with Gasteiger partial charge >= 0.3 is 0 Å². The van der Waals surface area contributed by atoms with Crippen molar-refractivity contribution >= 4 is 5.91 Å². The van der Waals surface area contributed by atoms with E-state index in [9.17, 15) is 4.79 Å². The van der Waals surface area contributed by atoms with E-state index in [4.69, 9.17) is 9.47 Å². The number of carbonyl (C=O) groups excluding carboxylic acids is 1. The minimum Gasteiger partial charge on any atom is -0.486 e. The maximum Gasteiger partial charge on any atom is 0.236 e. The smallest absolute Gasteiger partial charge is 0.236 e. The molecule has 1 saturated carbocycles. The molecule has 0 radical (unpaired) electrons. The van der Waals surface area contributed by atoms with E-state index in [0.29, 0.717) is 19.8 Å². The summed E-state index contributed by atoms with van der Waals surface area (Å²) in [6.07, 6.45) is 4.91. The number of likely N-dealkylation sites (N-methyl/N-ethyl adjacent to an activating group) is 1. The molecule has 0 bridgehead atoms. The van der Waals surface area contributed by atoms with Crippen LogP contribution in [-0.2, 0) is 10.2 Å². The Kier molecular flexibility index (Phi) is 4.14. The van der Waals surface area contributed by atoms with Crippen LogP contribution in [0.2, 0.25) is 0 Å². The molecule has 0 N–H and O–H groups in total. The topological polar surface area (TPSA) is 42.0 Å². The van der Waals surface area contributed by atoms with Crippen LogP contribution in [0.25, 0.3) is 0 Å². The van der Waals surface area contributed by atoms with Gasteiger partial charge in [0.05, 0.1) is 6.54 Å². The molecule has 1 aliphatic carbocycles. The molecule has 1 spiro atoms. The largest absolute Gasteiger partial charge is 0.486 e. The third-order valence-corrected chi connectivity index (χ3v) is 6.19. The third kappa shape index (κ3) is 2.78. The molecule has 136 valence electrons. The zero-order valence-electron chi connectivity index (χ0n) is 15.5. The molecule has 1 fully saturated rings. The van der Waals surface area contributed by atoms with Crippen molar-refractivity contribution in [2.75, 3.05) is 40.4 Å². The first-order chi connectivity index (χ1) is 12.0. The zero-order chi connectivity index (χ0) is 17.6. The summed E-state index contributed by atoms with van der Waals surface area (Å²) >= 11 is 0. The number of ether oxygens (including phenoxy) is 2. The number of carbonyl (C=O) groups is 1. The number of amides is 1. The van der Waals surface area contributed by atoms with Gasteiger partial charge in [-0.1, -0.05) is 12.8 Å². The van der Waals surface area contributed by atoms with E-state index in [0.717, 1.165) is 18.0 Å². The third-order valence-electron chi connectivity index (χ3n) is 6.19.